The number of hydrogen-bond donors (Lipinski definition) is 2. The molecular formula is C20H15BrFN3O2S. The van der Waals surface area contributed by atoms with Gasteiger partial charge in [0.25, 0.3) is 11.8 Å². The van der Waals surface area contributed by atoms with Crippen LogP contribution in [0.25, 0.3) is 0 Å². The van der Waals surface area contributed by atoms with Crippen LogP contribution in [0.3, 0.4) is 0 Å². The van der Waals surface area contributed by atoms with Gasteiger partial charge in [-0.2, -0.15) is 5.10 Å². The van der Waals surface area contributed by atoms with Gasteiger partial charge in [-0.1, -0.05) is 24.3 Å². The second kappa shape index (κ2) is 8.90. The minimum absolute atomic E-state index is 0.0346. The molecule has 0 saturated heterocycles. The zero-order valence-electron chi connectivity index (χ0n) is 14.7. The molecule has 3 aromatic rings. The van der Waals surface area contributed by atoms with Crippen LogP contribution < -0.4 is 10.7 Å². The number of amides is 2. The van der Waals surface area contributed by atoms with Gasteiger partial charge in [-0.3, -0.25) is 9.59 Å². The standard InChI is InChI=1S/C20H15BrFN3O2S/c1-12(24-25-20(27)17-9-10-18(21)28-17)13-5-4-6-14(11-13)23-19(26)15-7-2-3-8-16(15)22/h2-11H,1H3,(H,23,26)(H,25,27)/b24-12+. The second-order valence-corrected chi connectivity index (χ2v) is 8.22. The molecule has 1 aromatic heterocycles. The van der Waals surface area contributed by atoms with Crippen LogP contribution in [0.4, 0.5) is 10.1 Å². The Kier molecular flexibility index (Phi) is 6.33. The summed E-state index contributed by atoms with van der Waals surface area (Å²) < 4.78 is 14.6. The summed E-state index contributed by atoms with van der Waals surface area (Å²) in [6.45, 7) is 1.74. The molecule has 5 nitrogen and oxygen atoms in total. The van der Waals surface area contributed by atoms with E-state index in [4.69, 9.17) is 0 Å². The van der Waals surface area contributed by atoms with E-state index in [9.17, 15) is 14.0 Å². The van der Waals surface area contributed by atoms with Crippen molar-refractivity contribution in [2.75, 3.05) is 5.32 Å². The van der Waals surface area contributed by atoms with E-state index in [1.807, 2.05) is 0 Å². The Morgan fingerprint density at radius 2 is 1.82 bits per heavy atom. The molecule has 0 aliphatic carbocycles. The Balaban J connectivity index is 1.70. The Bertz CT molecular complexity index is 1060. The van der Waals surface area contributed by atoms with E-state index in [1.165, 1.54) is 29.5 Å². The smallest absolute Gasteiger partial charge is 0.281 e. The van der Waals surface area contributed by atoms with Crippen molar-refractivity contribution in [2.45, 2.75) is 6.92 Å². The molecule has 2 aromatic carbocycles. The van der Waals surface area contributed by atoms with Crippen LogP contribution in [0.1, 0.15) is 32.5 Å². The molecule has 0 aliphatic rings. The average molecular weight is 460 g/mol. The van der Waals surface area contributed by atoms with Crippen LogP contribution in [0.15, 0.2) is 69.6 Å². The Morgan fingerprint density at radius 1 is 1.04 bits per heavy atom. The highest BCUT2D eigenvalue weighted by molar-refractivity contribution is 9.11. The maximum Gasteiger partial charge on any atom is 0.281 e. The zero-order chi connectivity index (χ0) is 20.1. The van der Waals surface area contributed by atoms with E-state index < -0.39 is 11.7 Å². The van der Waals surface area contributed by atoms with E-state index in [2.05, 4.69) is 31.8 Å². The molecule has 1 heterocycles. The Labute approximate surface area is 173 Å². The fourth-order valence-electron chi connectivity index (χ4n) is 2.36. The summed E-state index contributed by atoms with van der Waals surface area (Å²) in [4.78, 5) is 24.9. The molecule has 2 amide bonds. The van der Waals surface area contributed by atoms with Crippen molar-refractivity contribution in [1.29, 1.82) is 0 Å². The normalized spacial score (nSPS) is 11.2. The first kappa shape index (κ1) is 19.9. The molecule has 0 bridgehead atoms. The molecule has 0 spiro atoms. The summed E-state index contributed by atoms with van der Waals surface area (Å²) in [5.41, 5.74) is 4.23. The van der Waals surface area contributed by atoms with Gasteiger partial charge in [0.2, 0.25) is 0 Å². The van der Waals surface area contributed by atoms with Gasteiger partial charge in [0.05, 0.1) is 19.9 Å². The maximum atomic E-state index is 13.7. The largest absolute Gasteiger partial charge is 0.322 e. The van der Waals surface area contributed by atoms with Crippen LogP contribution >= 0.6 is 27.3 Å². The molecule has 8 heteroatoms. The SMILES string of the molecule is C/C(=N\NC(=O)c1ccc(Br)s1)c1cccc(NC(=O)c2ccccc2F)c1. The minimum atomic E-state index is -0.586. The number of rotatable bonds is 5. The molecule has 142 valence electrons. The summed E-state index contributed by atoms with van der Waals surface area (Å²) >= 11 is 4.62. The van der Waals surface area contributed by atoms with Gasteiger partial charge in [-0.15, -0.1) is 11.3 Å². The van der Waals surface area contributed by atoms with E-state index in [0.717, 1.165) is 3.79 Å². The van der Waals surface area contributed by atoms with Crippen molar-refractivity contribution in [1.82, 2.24) is 5.43 Å². The van der Waals surface area contributed by atoms with Crippen LogP contribution in [0, 0.1) is 5.82 Å². The lowest BCUT2D eigenvalue weighted by molar-refractivity contribution is 0.0958. The van der Waals surface area contributed by atoms with E-state index >= 15 is 0 Å². The zero-order valence-corrected chi connectivity index (χ0v) is 17.1. The number of halogens is 2. The van der Waals surface area contributed by atoms with Gasteiger partial charge < -0.3 is 5.32 Å². The first-order valence-electron chi connectivity index (χ1n) is 8.20. The molecule has 0 fully saturated rings. The number of nitrogens with zero attached hydrogens (tertiary/aromatic N) is 1. The molecule has 3 rings (SSSR count). The summed E-state index contributed by atoms with van der Waals surface area (Å²) in [5, 5.41) is 6.77. The van der Waals surface area contributed by atoms with E-state index in [0.29, 0.717) is 21.8 Å². The fourth-order valence-corrected chi connectivity index (χ4v) is 3.63. The van der Waals surface area contributed by atoms with Crippen molar-refractivity contribution in [3.8, 4) is 0 Å². The number of anilines is 1. The van der Waals surface area contributed by atoms with E-state index in [-0.39, 0.29) is 11.5 Å². The Hall–Kier alpha value is -2.84. The van der Waals surface area contributed by atoms with Crippen LogP contribution in [0.5, 0.6) is 0 Å². The van der Waals surface area contributed by atoms with Crippen LogP contribution in [0.2, 0.25) is 0 Å². The highest BCUT2D eigenvalue weighted by Crippen LogP contribution is 2.22. The van der Waals surface area contributed by atoms with Crippen LogP contribution in [-0.2, 0) is 0 Å². The third-order valence-corrected chi connectivity index (χ3v) is 5.40. The summed E-state index contributed by atoms with van der Waals surface area (Å²) in [5.74, 6) is -1.43. The van der Waals surface area contributed by atoms with Gasteiger partial charge in [0.15, 0.2) is 0 Å². The highest BCUT2D eigenvalue weighted by Gasteiger charge is 2.12. The van der Waals surface area contributed by atoms with E-state index in [1.54, 1.807) is 49.4 Å². The predicted molar refractivity (Wildman–Crippen MR) is 112 cm³/mol. The number of carbonyl (C=O) groups excluding carboxylic acids is 2. The molecule has 0 radical (unpaired) electrons. The quantitative estimate of drug-likeness (QED) is 0.413. The van der Waals surface area contributed by atoms with Crippen molar-refractivity contribution in [2.24, 2.45) is 5.10 Å². The summed E-state index contributed by atoms with van der Waals surface area (Å²) in [7, 11) is 0. The summed E-state index contributed by atoms with van der Waals surface area (Å²) in [6, 6.07) is 16.2. The lowest BCUT2D eigenvalue weighted by Crippen LogP contribution is -2.18. The third kappa shape index (κ3) is 4.90. The van der Waals surface area contributed by atoms with Gasteiger partial charge in [-0.05, 0) is 64.8 Å². The molecule has 2 N–H and O–H groups in total. The third-order valence-electron chi connectivity index (χ3n) is 3.78. The molecule has 0 atom stereocenters. The fraction of sp³-hybridized carbons (Fsp3) is 0.0500. The average Bonchev–Trinajstić information content (AvgIpc) is 3.13. The monoisotopic (exact) mass is 459 g/mol. The van der Waals surface area contributed by atoms with Gasteiger partial charge >= 0.3 is 0 Å². The number of carbonyl (C=O) groups is 2. The van der Waals surface area contributed by atoms with Crippen molar-refractivity contribution in [3.63, 3.8) is 0 Å². The maximum absolute atomic E-state index is 13.7. The molecular weight excluding hydrogens is 445 g/mol. The lowest BCUT2D eigenvalue weighted by atomic mass is 10.1. The number of thiophene rings is 1. The topological polar surface area (TPSA) is 70.6 Å². The summed E-state index contributed by atoms with van der Waals surface area (Å²) in [6.07, 6.45) is 0. The first-order chi connectivity index (χ1) is 13.4. The van der Waals surface area contributed by atoms with Crippen molar-refractivity contribution in [3.05, 3.63) is 86.3 Å². The van der Waals surface area contributed by atoms with Gasteiger partial charge in [0, 0.05) is 5.69 Å². The van der Waals surface area contributed by atoms with Gasteiger partial charge in [0.1, 0.15) is 5.82 Å². The first-order valence-corrected chi connectivity index (χ1v) is 9.81. The molecule has 28 heavy (non-hydrogen) atoms. The number of hydrazone groups is 1. The van der Waals surface area contributed by atoms with Gasteiger partial charge in [-0.25, -0.2) is 9.82 Å². The Morgan fingerprint density at radius 3 is 2.54 bits per heavy atom. The number of benzene rings is 2. The van der Waals surface area contributed by atoms with Crippen molar-refractivity contribution >= 4 is 50.5 Å². The number of nitrogens with one attached hydrogen (secondary N) is 2. The molecule has 0 aliphatic heterocycles. The van der Waals surface area contributed by atoms with Crippen molar-refractivity contribution < 1.29 is 14.0 Å². The predicted octanol–water partition coefficient (Wildman–Crippen LogP) is 5.06. The minimum Gasteiger partial charge on any atom is -0.322 e. The van der Waals surface area contributed by atoms with Crippen LogP contribution in [-0.4, -0.2) is 17.5 Å². The highest BCUT2D eigenvalue weighted by atomic mass is 79.9. The molecule has 0 unspecified atom stereocenters. The number of hydrogen-bond acceptors (Lipinski definition) is 4. The molecule has 0 saturated carbocycles. The lowest BCUT2D eigenvalue weighted by Gasteiger charge is -2.08. The second-order valence-electron chi connectivity index (χ2n) is 5.76.